The Morgan fingerprint density at radius 2 is 2.33 bits per heavy atom. The molecule has 1 N–H and O–H groups in total. The van der Waals surface area contributed by atoms with Gasteiger partial charge in [-0.15, -0.1) is 0 Å². The van der Waals surface area contributed by atoms with Crippen LogP contribution in [0.3, 0.4) is 0 Å². The Morgan fingerprint density at radius 3 is 2.93 bits per heavy atom. The predicted octanol–water partition coefficient (Wildman–Crippen LogP) is 1.48. The average molecular weight is 207 g/mol. The molecule has 4 heteroatoms. The number of rotatable bonds is 1. The van der Waals surface area contributed by atoms with Gasteiger partial charge in [-0.05, 0) is 37.1 Å². The summed E-state index contributed by atoms with van der Waals surface area (Å²) in [6, 6.07) is 4.70. The maximum atomic E-state index is 11.9. The second-order valence-electron chi connectivity index (χ2n) is 3.59. The molecule has 0 spiro atoms. The molecule has 0 radical (unpaired) electrons. The molecule has 0 aliphatic carbocycles. The molecule has 15 heavy (non-hydrogen) atoms. The SMILES string of the molecule is Cc1cc(O)ccc1C(=O)N1CCCO1. The first kappa shape index (κ1) is 9.98. The van der Waals surface area contributed by atoms with Crippen LogP contribution >= 0.6 is 0 Å². The molecule has 0 saturated carbocycles. The molecule has 1 aliphatic rings. The largest absolute Gasteiger partial charge is 0.508 e. The number of aromatic hydroxyl groups is 1. The Labute approximate surface area is 88.0 Å². The lowest BCUT2D eigenvalue weighted by Gasteiger charge is -2.15. The third-order valence-electron chi connectivity index (χ3n) is 2.42. The van der Waals surface area contributed by atoms with Crippen LogP contribution in [0.4, 0.5) is 0 Å². The van der Waals surface area contributed by atoms with Gasteiger partial charge in [-0.3, -0.25) is 9.63 Å². The fraction of sp³-hybridized carbons (Fsp3) is 0.364. The lowest BCUT2D eigenvalue weighted by molar-refractivity contribution is -0.0768. The number of carbonyl (C=O) groups excluding carboxylic acids is 1. The fourth-order valence-corrected chi connectivity index (χ4v) is 1.63. The van der Waals surface area contributed by atoms with E-state index < -0.39 is 0 Å². The van der Waals surface area contributed by atoms with Crippen molar-refractivity contribution in [3.63, 3.8) is 0 Å². The second-order valence-corrected chi connectivity index (χ2v) is 3.59. The molecule has 2 rings (SSSR count). The zero-order chi connectivity index (χ0) is 10.8. The number of hydroxylamine groups is 2. The van der Waals surface area contributed by atoms with E-state index in [0.29, 0.717) is 18.7 Å². The molecule has 1 fully saturated rings. The maximum Gasteiger partial charge on any atom is 0.277 e. The van der Waals surface area contributed by atoms with Gasteiger partial charge in [0.15, 0.2) is 0 Å². The van der Waals surface area contributed by atoms with Crippen LogP contribution in [0.15, 0.2) is 18.2 Å². The van der Waals surface area contributed by atoms with E-state index in [1.807, 2.05) is 0 Å². The molecule has 0 unspecified atom stereocenters. The molecule has 0 aromatic heterocycles. The Hall–Kier alpha value is -1.55. The zero-order valence-electron chi connectivity index (χ0n) is 8.56. The van der Waals surface area contributed by atoms with Gasteiger partial charge in [0, 0.05) is 5.56 Å². The van der Waals surface area contributed by atoms with Gasteiger partial charge in [-0.1, -0.05) is 0 Å². The van der Waals surface area contributed by atoms with Crippen molar-refractivity contribution in [2.75, 3.05) is 13.2 Å². The minimum Gasteiger partial charge on any atom is -0.508 e. The molecular formula is C11H13NO3. The van der Waals surface area contributed by atoms with E-state index in [1.165, 1.54) is 11.1 Å². The number of hydrogen-bond donors (Lipinski definition) is 1. The number of phenolic OH excluding ortho intramolecular Hbond substituents is 1. The summed E-state index contributed by atoms with van der Waals surface area (Å²) >= 11 is 0. The van der Waals surface area contributed by atoms with Crippen LogP contribution in [0.5, 0.6) is 5.75 Å². The lowest BCUT2D eigenvalue weighted by atomic mass is 10.1. The molecule has 80 valence electrons. The molecule has 1 aliphatic heterocycles. The number of aryl methyl sites for hydroxylation is 1. The smallest absolute Gasteiger partial charge is 0.277 e. The third kappa shape index (κ3) is 1.94. The molecular weight excluding hydrogens is 194 g/mol. The van der Waals surface area contributed by atoms with E-state index in [1.54, 1.807) is 19.1 Å². The first-order valence-electron chi connectivity index (χ1n) is 4.93. The highest BCUT2D eigenvalue weighted by molar-refractivity contribution is 5.95. The maximum absolute atomic E-state index is 11.9. The summed E-state index contributed by atoms with van der Waals surface area (Å²) < 4.78 is 0. The number of benzene rings is 1. The highest BCUT2D eigenvalue weighted by atomic mass is 16.7. The van der Waals surface area contributed by atoms with Gasteiger partial charge >= 0.3 is 0 Å². The van der Waals surface area contributed by atoms with E-state index in [-0.39, 0.29) is 11.7 Å². The molecule has 1 amide bonds. The summed E-state index contributed by atoms with van der Waals surface area (Å²) in [7, 11) is 0. The number of phenols is 1. The van der Waals surface area contributed by atoms with E-state index in [0.717, 1.165) is 12.0 Å². The van der Waals surface area contributed by atoms with Crippen molar-refractivity contribution in [3.8, 4) is 5.75 Å². The normalized spacial score (nSPS) is 15.7. The van der Waals surface area contributed by atoms with Crippen LogP contribution in [0.2, 0.25) is 0 Å². The minimum absolute atomic E-state index is 0.134. The summed E-state index contributed by atoms with van der Waals surface area (Å²) in [6.45, 7) is 3.03. The van der Waals surface area contributed by atoms with Crippen LogP contribution in [0, 0.1) is 6.92 Å². The molecule has 1 heterocycles. The molecule has 4 nitrogen and oxygen atoms in total. The summed E-state index contributed by atoms with van der Waals surface area (Å²) in [5.41, 5.74) is 1.34. The van der Waals surface area contributed by atoms with Gasteiger partial charge in [-0.25, -0.2) is 5.06 Å². The van der Waals surface area contributed by atoms with Gasteiger partial charge in [0.05, 0.1) is 13.2 Å². The summed E-state index contributed by atoms with van der Waals surface area (Å²) in [5.74, 6) is 0.0383. The van der Waals surface area contributed by atoms with Gasteiger partial charge in [0.1, 0.15) is 5.75 Å². The number of hydrogen-bond acceptors (Lipinski definition) is 3. The Kier molecular flexibility index (Phi) is 2.60. The number of amides is 1. The van der Waals surface area contributed by atoms with E-state index >= 15 is 0 Å². The van der Waals surface area contributed by atoms with Crippen molar-refractivity contribution in [3.05, 3.63) is 29.3 Å². The number of carbonyl (C=O) groups is 1. The van der Waals surface area contributed by atoms with Gasteiger partial charge in [0.2, 0.25) is 0 Å². The molecule has 0 atom stereocenters. The Morgan fingerprint density at radius 1 is 1.53 bits per heavy atom. The van der Waals surface area contributed by atoms with Crippen molar-refractivity contribution in [1.29, 1.82) is 0 Å². The Balaban J connectivity index is 2.24. The summed E-state index contributed by atoms with van der Waals surface area (Å²) in [5, 5.41) is 10.6. The monoisotopic (exact) mass is 207 g/mol. The second kappa shape index (κ2) is 3.90. The van der Waals surface area contributed by atoms with E-state index in [2.05, 4.69) is 0 Å². The van der Waals surface area contributed by atoms with Crippen LogP contribution in [-0.2, 0) is 4.84 Å². The lowest BCUT2D eigenvalue weighted by Crippen LogP contribution is -2.27. The van der Waals surface area contributed by atoms with Gasteiger partial charge in [-0.2, -0.15) is 0 Å². The topological polar surface area (TPSA) is 49.8 Å². The molecule has 1 aromatic rings. The fourth-order valence-electron chi connectivity index (χ4n) is 1.63. The predicted molar refractivity (Wildman–Crippen MR) is 54.4 cm³/mol. The highest BCUT2D eigenvalue weighted by Crippen LogP contribution is 2.18. The minimum atomic E-state index is -0.134. The molecule has 1 saturated heterocycles. The Bertz CT molecular complexity index is 383. The first-order chi connectivity index (χ1) is 7.18. The van der Waals surface area contributed by atoms with Crippen LogP contribution < -0.4 is 0 Å². The standard InChI is InChI=1S/C11H13NO3/c1-8-7-9(13)3-4-10(8)11(14)12-5-2-6-15-12/h3-4,7,13H,2,5-6H2,1H3. The molecule has 0 bridgehead atoms. The van der Waals surface area contributed by atoms with Gasteiger partial charge < -0.3 is 5.11 Å². The third-order valence-corrected chi connectivity index (χ3v) is 2.42. The summed E-state index contributed by atoms with van der Waals surface area (Å²) in [4.78, 5) is 17.1. The van der Waals surface area contributed by atoms with E-state index in [9.17, 15) is 9.90 Å². The van der Waals surface area contributed by atoms with Gasteiger partial charge in [0.25, 0.3) is 5.91 Å². The van der Waals surface area contributed by atoms with E-state index in [4.69, 9.17) is 4.84 Å². The van der Waals surface area contributed by atoms with Crippen molar-refractivity contribution < 1.29 is 14.7 Å². The molecule has 1 aromatic carbocycles. The van der Waals surface area contributed by atoms with Crippen LogP contribution in [-0.4, -0.2) is 29.2 Å². The number of nitrogens with zero attached hydrogens (tertiary/aromatic N) is 1. The van der Waals surface area contributed by atoms with Crippen molar-refractivity contribution in [1.82, 2.24) is 5.06 Å². The van der Waals surface area contributed by atoms with Crippen LogP contribution in [0.25, 0.3) is 0 Å². The first-order valence-corrected chi connectivity index (χ1v) is 4.93. The van der Waals surface area contributed by atoms with Crippen LogP contribution in [0.1, 0.15) is 22.3 Å². The van der Waals surface area contributed by atoms with Crippen molar-refractivity contribution in [2.45, 2.75) is 13.3 Å². The van der Waals surface area contributed by atoms with Crippen molar-refractivity contribution >= 4 is 5.91 Å². The highest BCUT2D eigenvalue weighted by Gasteiger charge is 2.22. The average Bonchev–Trinajstić information content (AvgIpc) is 2.69. The summed E-state index contributed by atoms with van der Waals surface area (Å²) in [6.07, 6.45) is 0.878. The zero-order valence-corrected chi connectivity index (χ0v) is 8.56. The van der Waals surface area contributed by atoms with Crippen molar-refractivity contribution in [2.24, 2.45) is 0 Å². The quantitative estimate of drug-likeness (QED) is 0.758.